The summed E-state index contributed by atoms with van der Waals surface area (Å²) in [5.74, 6) is 0.630. The molecule has 2 aliphatic heterocycles. The molecule has 1 atom stereocenters. The van der Waals surface area contributed by atoms with Crippen LogP contribution in [-0.2, 0) is 24.3 Å². The van der Waals surface area contributed by atoms with E-state index in [1.54, 1.807) is 0 Å². The number of likely N-dealkylation sites (tertiary alicyclic amines) is 1. The van der Waals surface area contributed by atoms with Crippen molar-refractivity contribution in [2.45, 2.75) is 45.4 Å². The van der Waals surface area contributed by atoms with Gasteiger partial charge in [0.05, 0.1) is 31.0 Å². The van der Waals surface area contributed by atoms with Crippen LogP contribution in [0.1, 0.15) is 41.4 Å². The van der Waals surface area contributed by atoms with E-state index in [-0.39, 0.29) is 11.9 Å². The average Bonchev–Trinajstić information content (AvgIpc) is 3.48. The molecule has 166 valence electrons. The van der Waals surface area contributed by atoms with Crippen molar-refractivity contribution in [1.82, 2.24) is 24.6 Å². The molecule has 8 heteroatoms. The summed E-state index contributed by atoms with van der Waals surface area (Å²) in [5, 5.41) is 8.12. The minimum absolute atomic E-state index is 0.0298. The second kappa shape index (κ2) is 9.08. The molecule has 1 saturated heterocycles. The molecule has 5 rings (SSSR count). The van der Waals surface area contributed by atoms with Crippen molar-refractivity contribution in [1.29, 1.82) is 0 Å². The Hall–Kier alpha value is -3.26. The molecule has 1 fully saturated rings. The molecule has 0 saturated carbocycles. The summed E-state index contributed by atoms with van der Waals surface area (Å²) in [6, 6.07) is 10.0. The summed E-state index contributed by atoms with van der Waals surface area (Å²) in [4.78, 5) is 24.6. The van der Waals surface area contributed by atoms with Crippen LogP contribution in [0.15, 0.2) is 42.7 Å². The average molecular weight is 433 g/mol. The molecule has 2 aromatic heterocycles. The molecular weight excluding hydrogens is 404 g/mol. The second-order valence-electron chi connectivity index (χ2n) is 8.26. The Morgan fingerprint density at radius 1 is 1.19 bits per heavy atom. The Labute approximate surface area is 187 Å². The van der Waals surface area contributed by atoms with E-state index in [2.05, 4.69) is 22.2 Å². The van der Waals surface area contributed by atoms with Gasteiger partial charge in [0, 0.05) is 37.1 Å². The van der Waals surface area contributed by atoms with E-state index in [0.29, 0.717) is 37.8 Å². The molecule has 4 heterocycles. The first kappa shape index (κ1) is 20.6. The highest BCUT2D eigenvalue weighted by molar-refractivity contribution is 6.01. The van der Waals surface area contributed by atoms with Gasteiger partial charge in [-0.25, -0.2) is 9.97 Å². The van der Waals surface area contributed by atoms with Crippen LogP contribution >= 0.6 is 0 Å². The van der Waals surface area contributed by atoms with Crippen LogP contribution in [0.5, 0.6) is 0 Å². The molecule has 1 N–H and O–H groups in total. The third-order valence-electron chi connectivity index (χ3n) is 6.25. The summed E-state index contributed by atoms with van der Waals surface area (Å²) in [6.07, 6.45) is 6.53. The van der Waals surface area contributed by atoms with Crippen molar-refractivity contribution in [3.63, 3.8) is 0 Å². The molecule has 3 aromatic rings. The maximum atomic E-state index is 13.8. The van der Waals surface area contributed by atoms with Crippen molar-refractivity contribution in [3.05, 3.63) is 59.5 Å². The van der Waals surface area contributed by atoms with Gasteiger partial charge in [-0.3, -0.25) is 9.48 Å². The van der Waals surface area contributed by atoms with Crippen molar-refractivity contribution < 1.29 is 9.53 Å². The first-order valence-corrected chi connectivity index (χ1v) is 11.3. The van der Waals surface area contributed by atoms with Crippen LogP contribution in [0.25, 0.3) is 11.3 Å². The lowest BCUT2D eigenvalue weighted by Gasteiger charge is -2.26. The monoisotopic (exact) mass is 432 g/mol. The van der Waals surface area contributed by atoms with Gasteiger partial charge in [0.15, 0.2) is 0 Å². The van der Waals surface area contributed by atoms with E-state index >= 15 is 0 Å². The van der Waals surface area contributed by atoms with E-state index in [9.17, 15) is 4.79 Å². The highest BCUT2D eigenvalue weighted by atomic mass is 16.5. The number of aryl methyl sites for hydroxylation is 1. The first-order chi connectivity index (χ1) is 15.7. The number of hydrogen-bond donors (Lipinski definition) is 1. The van der Waals surface area contributed by atoms with Crippen LogP contribution in [-0.4, -0.2) is 56.3 Å². The normalized spacial score (nSPS) is 17.9. The number of fused-ring (bicyclic) bond motifs is 1. The molecule has 0 aliphatic carbocycles. The number of nitrogens with one attached hydrogen (secondary N) is 1. The second-order valence-corrected chi connectivity index (χ2v) is 8.26. The van der Waals surface area contributed by atoms with Gasteiger partial charge in [-0.15, -0.1) is 0 Å². The number of anilines is 1. The van der Waals surface area contributed by atoms with E-state index in [0.717, 1.165) is 48.3 Å². The Bertz CT molecular complexity index is 1080. The molecule has 0 radical (unpaired) electrons. The van der Waals surface area contributed by atoms with E-state index in [4.69, 9.17) is 9.84 Å². The zero-order chi connectivity index (χ0) is 21.9. The van der Waals surface area contributed by atoms with Crippen molar-refractivity contribution in [3.8, 4) is 11.3 Å². The van der Waals surface area contributed by atoms with Crippen molar-refractivity contribution >= 4 is 11.9 Å². The van der Waals surface area contributed by atoms with Gasteiger partial charge < -0.3 is 15.0 Å². The molecule has 8 nitrogen and oxygen atoms in total. The fourth-order valence-electron chi connectivity index (χ4n) is 4.47. The Morgan fingerprint density at radius 3 is 2.78 bits per heavy atom. The number of rotatable bonds is 6. The fraction of sp³-hybridized carbons (Fsp3) is 0.417. The summed E-state index contributed by atoms with van der Waals surface area (Å²) in [7, 11) is 0. The third-order valence-corrected chi connectivity index (χ3v) is 6.25. The number of amides is 1. The van der Waals surface area contributed by atoms with Crippen LogP contribution in [0.4, 0.5) is 5.95 Å². The number of nitrogens with zero attached hydrogens (tertiary/aromatic N) is 5. The van der Waals surface area contributed by atoms with Gasteiger partial charge in [0.2, 0.25) is 5.95 Å². The number of ether oxygens (including phenoxy) is 1. The lowest BCUT2D eigenvalue weighted by molar-refractivity contribution is 0.0691. The molecule has 32 heavy (non-hydrogen) atoms. The maximum absolute atomic E-state index is 13.8. The zero-order valence-corrected chi connectivity index (χ0v) is 18.3. The minimum Gasteiger partial charge on any atom is -0.373 e. The molecule has 0 unspecified atom stereocenters. The predicted octanol–water partition coefficient (Wildman–Crippen LogP) is 3.15. The van der Waals surface area contributed by atoms with Crippen molar-refractivity contribution in [2.75, 3.05) is 25.0 Å². The molecule has 0 bridgehead atoms. The lowest BCUT2D eigenvalue weighted by atomic mass is 10.0. The van der Waals surface area contributed by atoms with Gasteiger partial charge in [0.1, 0.15) is 5.69 Å². The maximum Gasteiger partial charge on any atom is 0.258 e. The quantitative estimate of drug-likeness (QED) is 0.644. The highest BCUT2D eigenvalue weighted by Crippen LogP contribution is 2.31. The van der Waals surface area contributed by atoms with Gasteiger partial charge in [0.25, 0.3) is 5.91 Å². The van der Waals surface area contributed by atoms with Gasteiger partial charge in [-0.2, -0.15) is 5.10 Å². The first-order valence-electron chi connectivity index (χ1n) is 11.3. The summed E-state index contributed by atoms with van der Waals surface area (Å²) in [6.45, 7) is 5.13. The predicted molar refractivity (Wildman–Crippen MR) is 121 cm³/mol. The molecule has 1 amide bonds. The largest absolute Gasteiger partial charge is 0.373 e. The number of hydrogen-bond acceptors (Lipinski definition) is 6. The fourth-order valence-corrected chi connectivity index (χ4v) is 4.47. The third kappa shape index (κ3) is 3.98. The summed E-state index contributed by atoms with van der Waals surface area (Å²) < 4.78 is 7.63. The number of carbonyl (C=O) groups excluding carboxylic acids is 1. The van der Waals surface area contributed by atoms with Crippen LogP contribution in [0.2, 0.25) is 0 Å². The Morgan fingerprint density at radius 2 is 2.00 bits per heavy atom. The van der Waals surface area contributed by atoms with Gasteiger partial charge in [-0.05, 0) is 24.8 Å². The molecule has 0 spiro atoms. The SMILES string of the molecule is CCc1cnc(NC[C@@H]2CCCN2C(=O)c2c(-c3ccccc3)nn3c2COCC3)nc1. The van der Waals surface area contributed by atoms with Crippen molar-refractivity contribution in [2.24, 2.45) is 0 Å². The minimum atomic E-state index is 0.0298. The van der Waals surface area contributed by atoms with Crippen LogP contribution < -0.4 is 5.32 Å². The topological polar surface area (TPSA) is 85.2 Å². The summed E-state index contributed by atoms with van der Waals surface area (Å²) >= 11 is 0. The van der Waals surface area contributed by atoms with Crippen LogP contribution in [0, 0.1) is 0 Å². The Balaban J connectivity index is 1.39. The lowest BCUT2D eigenvalue weighted by Crippen LogP contribution is -2.40. The number of aromatic nitrogens is 4. The zero-order valence-electron chi connectivity index (χ0n) is 18.3. The van der Waals surface area contributed by atoms with E-state index in [1.165, 1.54) is 0 Å². The van der Waals surface area contributed by atoms with E-state index in [1.807, 2.05) is 52.3 Å². The van der Waals surface area contributed by atoms with Gasteiger partial charge >= 0.3 is 0 Å². The smallest absolute Gasteiger partial charge is 0.258 e. The highest BCUT2D eigenvalue weighted by Gasteiger charge is 2.35. The Kier molecular flexibility index (Phi) is 5.85. The van der Waals surface area contributed by atoms with E-state index < -0.39 is 0 Å². The molecular formula is C24H28N6O2. The standard InChI is InChI=1S/C24H28N6O2/c1-2-17-13-25-24(26-14-17)27-15-19-9-6-10-29(19)23(31)21-20-16-32-12-11-30(20)28-22(21)18-7-4-3-5-8-18/h3-5,7-8,13-14,19H,2,6,9-12,15-16H2,1H3,(H,25,26,27)/t19-/m0/s1. The molecule has 2 aliphatic rings. The number of benzene rings is 1. The van der Waals surface area contributed by atoms with Gasteiger partial charge in [-0.1, -0.05) is 37.3 Å². The molecule has 1 aromatic carbocycles. The van der Waals surface area contributed by atoms with Crippen LogP contribution in [0.3, 0.4) is 0 Å². The number of carbonyl (C=O) groups is 1. The summed E-state index contributed by atoms with van der Waals surface area (Å²) in [5.41, 5.74) is 4.35.